The van der Waals surface area contributed by atoms with E-state index in [1.807, 2.05) is 66.7 Å². The maximum atomic E-state index is 15.2. The first-order valence-corrected chi connectivity index (χ1v) is 54.9. The molecule has 150 heavy (non-hydrogen) atoms. The van der Waals surface area contributed by atoms with Crippen molar-refractivity contribution in [1.82, 2.24) is 65.1 Å². The lowest BCUT2D eigenvalue weighted by Gasteiger charge is -2.54. The van der Waals surface area contributed by atoms with E-state index in [0.29, 0.717) is 182 Å². The van der Waals surface area contributed by atoms with Crippen LogP contribution in [0.4, 0.5) is 17.6 Å². The third-order valence-corrected chi connectivity index (χ3v) is 35.7. The fraction of sp³-hybridized carbons (Fsp3) is 0.475. The smallest absolute Gasteiger partial charge is 0.264 e. The number of fused-ring (bicyclic) bond motifs is 12. The lowest BCUT2D eigenvalue weighted by molar-refractivity contribution is -0.234. The first-order valence-electron chi connectivity index (χ1n) is 53.0. The van der Waals surface area contributed by atoms with Gasteiger partial charge in [-0.25, -0.2) is 57.4 Å². The molecule has 4 aliphatic heterocycles. The normalized spacial score (nSPS) is 26.0. The lowest BCUT2D eigenvalue weighted by atomic mass is 9.54. The van der Waals surface area contributed by atoms with Crippen LogP contribution in [0.3, 0.4) is 0 Å². The highest BCUT2D eigenvalue weighted by Gasteiger charge is 2.63. The molecule has 0 bridgehead atoms. The number of benzene rings is 4. The van der Waals surface area contributed by atoms with Gasteiger partial charge in [-0.05, 0) is 204 Å². The third kappa shape index (κ3) is 19.3. The second-order valence-corrected chi connectivity index (χ2v) is 45.1. The highest BCUT2D eigenvalue weighted by atomic mass is 32.2. The maximum absolute atomic E-state index is 15.2. The zero-order valence-electron chi connectivity index (χ0n) is 86.7. The van der Waals surface area contributed by atoms with Gasteiger partial charge < -0.3 is 48.9 Å². The Morgan fingerprint density at radius 3 is 0.940 bits per heavy atom. The van der Waals surface area contributed by atoms with Gasteiger partial charge in [-0.1, -0.05) is 104 Å². The number of rotatable bonds is 17. The topological polar surface area (TPSA) is 351 Å². The standard InChI is InChI=1S/C31H35FN4O3.C29H33FN4O2.C29H29FN4O2.C29H32FN3O5S/c1-19-25-9-8-24-27(23-6-4-5-7-26(23)32)35-29(21-10-14-34-22(18-21)11-15-33-20(2)37)36-28(24)30(25,3)12-13-31(19)38-16-17-39-31;2*1-18-23-8-7-22-25(21-5-3-4-6-24(21)30)33-27(19-10-14-32-20(17-19)9-13-31)34-26(22)28(23,2)11-12-29(18)35-15-16-36-29;1-18-23-9-8-22-25(21-6-4-5-7-24(21)30)32-27(19-10-13-31-20(16-19)17-38-39(3,34)35)33-26(22)28(23,2)11-12-29(18)36-14-15-37-29/h4-7,10,14,18-19,25H,8-9,11-13,15-17H2,1-3H3,(H,33,37);3-6,10,14,17-18,23H,7-9,11-13,15-16,31H2,1-2H3;3-6,10,14,17-18,23H,7-9,11-12,15-16H2,1-2H3;4-7,10,13,16,18,23H,8-9,11-12,14-15,17H2,1-3H3/t19-,25-,30-;3*18-,23-,28-/m1111/s1. The molecule has 4 saturated heterocycles. The van der Waals surface area contributed by atoms with Gasteiger partial charge in [0.25, 0.3) is 10.1 Å². The molecular formula is C118H129F4N15O12S. The number of hydrogen-bond acceptors (Lipinski definition) is 26. The Morgan fingerprint density at radius 2 is 0.667 bits per heavy atom. The zero-order chi connectivity index (χ0) is 104. The van der Waals surface area contributed by atoms with Crippen LogP contribution in [0.15, 0.2) is 170 Å². The van der Waals surface area contributed by atoms with Crippen LogP contribution in [0.1, 0.15) is 207 Å². The van der Waals surface area contributed by atoms with Crippen molar-refractivity contribution in [2.45, 2.75) is 236 Å². The number of carbonyl (C=O) groups excluding carboxylic acids is 1. The minimum Gasteiger partial charge on any atom is -0.356 e. The summed E-state index contributed by atoms with van der Waals surface area (Å²) in [5.41, 5.74) is 23.6. The number of ether oxygens (including phenoxy) is 8. The van der Waals surface area contributed by atoms with E-state index < -0.39 is 33.3 Å². The Morgan fingerprint density at radius 1 is 0.400 bits per heavy atom. The van der Waals surface area contributed by atoms with Crippen LogP contribution in [0.2, 0.25) is 0 Å². The summed E-state index contributed by atoms with van der Waals surface area (Å²) >= 11 is 0. The summed E-state index contributed by atoms with van der Waals surface area (Å²) in [4.78, 5) is 69.4. The molecular weight excluding hydrogens is 1930 g/mol. The maximum Gasteiger partial charge on any atom is 0.264 e. The van der Waals surface area contributed by atoms with E-state index >= 15 is 17.6 Å². The minimum absolute atomic E-state index is 0.0709. The predicted octanol–water partition coefficient (Wildman–Crippen LogP) is 20.1. The Kier molecular flexibility index (Phi) is 29.0. The van der Waals surface area contributed by atoms with Gasteiger partial charge in [0.05, 0.1) is 129 Å². The fourth-order valence-electron chi connectivity index (χ4n) is 27.5. The van der Waals surface area contributed by atoms with Crippen LogP contribution in [-0.2, 0) is 130 Å². The van der Waals surface area contributed by atoms with Gasteiger partial charge in [0, 0.05) is 200 Å². The molecule has 27 nitrogen and oxygen atoms in total. The minimum atomic E-state index is -3.63. The Labute approximate surface area is 873 Å². The molecule has 8 aromatic heterocycles. The van der Waals surface area contributed by atoms with Gasteiger partial charge >= 0.3 is 0 Å². The van der Waals surface area contributed by atoms with Crippen molar-refractivity contribution >= 4 is 16.0 Å². The van der Waals surface area contributed by atoms with Gasteiger partial charge in [-0.3, -0.25) is 28.9 Å². The monoisotopic (exact) mass is 2060 g/mol. The van der Waals surface area contributed by atoms with Crippen molar-refractivity contribution in [2.24, 2.45) is 53.1 Å². The van der Waals surface area contributed by atoms with Crippen LogP contribution in [0.25, 0.3) is 90.6 Å². The average molecular weight is 2060 g/mol. The van der Waals surface area contributed by atoms with Gasteiger partial charge in [0.2, 0.25) is 5.91 Å². The predicted molar refractivity (Wildman–Crippen MR) is 556 cm³/mol. The van der Waals surface area contributed by atoms with Crippen LogP contribution in [0.5, 0.6) is 0 Å². The van der Waals surface area contributed by atoms with Crippen molar-refractivity contribution in [3.8, 4) is 96.7 Å². The zero-order valence-corrected chi connectivity index (χ0v) is 87.5. The van der Waals surface area contributed by atoms with Gasteiger partial charge in [0.15, 0.2) is 46.4 Å². The highest BCUT2D eigenvalue weighted by molar-refractivity contribution is 7.85. The molecule has 12 aliphatic rings. The Bertz CT molecular complexity index is 7280. The van der Waals surface area contributed by atoms with Crippen molar-refractivity contribution < 1.29 is 72.9 Å². The number of nitrogens with two attached hydrogens (primary N) is 1. The summed E-state index contributed by atoms with van der Waals surface area (Å²) in [6, 6.07) is 44.4. The van der Waals surface area contributed by atoms with E-state index in [9.17, 15) is 13.2 Å². The third-order valence-electron chi connectivity index (χ3n) is 35.2. The first kappa shape index (κ1) is 104. The average Bonchev–Trinajstić information content (AvgIpc) is 0.996. The number of carbonyl (C=O) groups is 1. The summed E-state index contributed by atoms with van der Waals surface area (Å²) < 4.78 is 138. The van der Waals surface area contributed by atoms with Crippen LogP contribution < -0.4 is 11.1 Å². The SMILES string of the molecule is CC(=O)NCCc1cc(-c2nc(-c3ccccc3F)c3c(n2)[C@]2(C)CCC4(OCCO4)[C@H](C)[C@H]2CC3)ccn1.C[C@@H]1[C@H]2CCc3c(-c4ccccc4F)nc(-c4ccnc(CC#N)c4)nc3[C@]2(C)CCC12OCCO2.C[C@@H]1[C@H]2CCc3c(-c4ccccc4F)nc(-c4ccnc(CCN)c4)nc3[C@]2(C)CCC12OCCO2.C[C@@H]1[C@H]2CCc3c(-c4ccccc4F)nc(-c4ccnc(COS(C)(=O)=O)c4)nc3[C@]2(C)CCC12OCCO2. The van der Waals surface area contributed by atoms with E-state index in [4.69, 9.17) is 92.9 Å². The van der Waals surface area contributed by atoms with Crippen LogP contribution in [-0.4, -0.2) is 169 Å². The highest BCUT2D eigenvalue weighted by Crippen LogP contribution is 2.64. The molecule has 4 spiro atoms. The van der Waals surface area contributed by atoms with Crippen molar-refractivity contribution in [1.29, 1.82) is 5.26 Å². The summed E-state index contributed by atoms with van der Waals surface area (Å²) in [5, 5.41) is 12.0. The molecule has 4 saturated carbocycles. The summed E-state index contributed by atoms with van der Waals surface area (Å²) in [6.07, 6.45) is 22.8. The number of halogens is 4. The molecule has 4 aromatic carbocycles. The molecule has 32 heteroatoms. The van der Waals surface area contributed by atoms with Gasteiger partial charge in [-0.2, -0.15) is 13.7 Å². The second kappa shape index (κ2) is 41.9. The number of nitrogens with one attached hydrogen (secondary N) is 1. The largest absolute Gasteiger partial charge is 0.356 e. The Hall–Kier alpha value is -12.0. The van der Waals surface area contributed by atoms with E-state index in [0.717, 1.165) is 182 Å². The van der Waals surface area contributed by atoms with E-state index in [-0.39, 0.29) is 93.5 Å². The second-order valence-electron chi connectivity index (χ2n) is 43.5. The molecule has 8 aliphatic carbocycles. The summed E-state index contributed by atoms with van der Waals surface area (Å²) in [5.74, 6) is 0.921. The van der Waals surface area contributed by atoms with Crippen molar-refractivity contribution in [3.05, 3.63) is 261 Å². The number of nitrogens with zero attached hydrogens (tertiary/aromatic N) is 13. The van der Waals surface area contributed by atoms with Gasteiger partial charge in [-0.15, -0.1) is 0 Å². The quantitative estimate of drug-likeness (QED) is 0.0631. The molecule has 0 radical (unpaired) electrons. The van der Waals surface area contributed by atoms with Crippen LogP contribution >= 0.6 is 0 Å². The first-order chi connectivity index (χ1) is 72.3. The molecule has 782 valence electrons. The van der Waals surface area contributed by atoms with E-state index in [1.54, 1.807) is 79.4 Å². The lowest BCUT2D eigenvalue weighted by Crippen LogP contribution is -2.55. The molecule has 12 aromatic rings. The fourth-order valence-corrected chi connectivity index (χ4v) is 27.8. The molecule has 8 fully saturated rings. The van der Waals surface area contributed by atoms with Crippen molar-refractivity contribution in [3.63, 3.8) is 0 Å². The van der Waals surface area contributed by atoms with Crippen molar-refractivity contribution in [2.75, 3.05) is 72.2 Å². The molecule has 24 rings (SSSR count). The number of pyridine rings is 4. The molecule has 12 heterocycles. The van der Waals surface area contributed by atoms with Crippen LogP contribution in [0, 0.1) is 81.9 Å². The Balaban J connectivity index is 0.000000117. The molecule has 12 atom stereocenters. The number of nitriles is 1. The summed E-state index contributed by atoms with van der Waals surface area (Å²) in [7, 11) is -3.63. The molecule has 0 unspecified atom stereocenters. The number of amides is 1. The molecule has 1 amide bonds. The number of hydrogen-bond donors (Lipinski definition) is 2. The summed E-state index contributed by atoms with van der Waals surface area (Å²) in [6.45, 7) is 25.6. The van der Waals surface area contributed by atoms with Gasteiger partial charge in [0.1, 0.15) is 29.9 Å². The molecule has 3 N–H and O–H groups in total. The van der Waals surface area contributed by atoms with E-state index in [2.05, 4.69) is 86.7 Å². The van der Waals surface area contributed by atoms with E-state index in [1.165, 1.54) is 31.2 Å². The number of aromatic nitrogens is 12.